The highest BCUT2D eigenvalue weighted by molar-refractivity contribution is 5.76. The van der Waals surface area contributed by atoms with Gasteiger partial charge >= 0.3 is 5.97 Å². The molecule has 0 spiro atoms. The minimum absolute atomic E-state index is 0.127. The van der Waals surface area contributed by atoms with E-state index in [2.05, 4.69) is 29.3 Å². The summed E-state index contributed by atoms with van der Waals surface area (Å²) in [7, 11) is 0. The Morgan fingerprint density at radius 1 is 1.47 bits per heavy atom. The zero-order chi connectivity index (χ0) is 13.7. The lowest BCUT2D eigenvalue weighted by molar-refractivity contribution is -0.151. The standard InChI is InChI=1S/C15H22N2O2/c1-3-19-15(18)14-11-16-9-10-17(14)12(2)13-7-5-4-6-8-13/h4-8,12,14,16H,3,9-11H2,1-2H3. The van der Waals surface area contributed by atoms with Crippen LogP contribution in [0.1, 0.15) is 25.5 Å². The number of benzene rings is 1. The van der Waals surface area contributed by atoms with E-state index in [1.165, 1.54) is 5.56 Å². The van der Waals surface area contributed by atoms with E-state index < -0.39 is 0 Å². The molecule has 1 N–H and O–H groups in total. The summed E-state index contributed by atoms with van der Waals surface area (Å²) in [5, 5.41) is 3.27. The molecule has 19 heavy (non-hydrogen) atoms. The van der Waals surface area contributed by atoms with Gasteiger partial charge in [-0.05, 0) is 19.4 Å². The number of hydrogen-bond donors (Lipinski definition) is 1. The first kappa shape index (κ1) is 14.0. The van der Waals surface area contributed by atoms with E-state index in [1.807, 2.05) is 25.1 Å². The third-order valence-electron chi connectivity index (χ3n) is 3.62. The molecule has 4 heteroatoms. The van der Waals surface area contributed by atoms with E-state index >= 15 is 0 Å². The van der Waals surface area contributed by atoms with Crippen LogP contribution in [0.5, 0.6) is 0 Å². The molecule has 2 atom stereocenters. The molecule has 4 nitrogen and oxygen atoms in total. The van der Waals surface area contributed by atoms with E-state index in [0.29, 0.717) is 13.2 Å². The first-order chi connectivity index (χ1) is 9.24. The topological polar surface area (TPSA) is 41.6 Å². The number of piperazine rings is 1. The van der Waals surface area contributed by atoms with Gasteiger partial charge < -0.3 is 10.1 Å². The van der Waals surface area contributed by atoms with Crippen molar-refractivity contribution in [2.45, 2.75) is 25.9 Å². The third-order valence-corrected chi connectivity index (χ3v) is 3.62. The Morgan fingerprint density at radius 2 is 2.21 bits per heavy atom. The van der Waals surface area contributed by atoms with Crippen LogP contribution in [-0.4, -0.2) is 43.2 Å². The first-order valence-corrected chi connectivity index (χ1v) is 6.92. The summed E-state index contributed by atoms with van der Waals surface area (Å²) in [4.78, 5) is 14.3. The second-order valence-electron chi connectivity index (χ2n) is 4.80. The second kappa shape index (κ2) is 6.68. The zero-order valence-electron chi connectivity index (χ0n) is 11.6. The van der Waals surface area contributed by atoms with E-state index in [1.54, 1.807) is 0 Å². The molecule has 1 aliphatic rings. The van der Waals surface area contributed by atoms with Gasteiger partial charge in [-0.2, -0.15) is 0 Å². The van der Waals surface area contributed by atoms with Crippen LogP contribution >= 0.6 is 0 Å². The van der Waals surface area contributed by atoms with Crippen LogP contribution in [-0.2, 0) is 9.53 Å². The third kappa shape index (κ3) is 3.33. The number of esters is 1. The molecule has 0 bridgehead atoms. The number of carbonyl (C=O) groups is 1. The Bertz CT molecular complexity index is 408. The van der Waals surface area contributed by atoms with Gasteiger partial charge in [-0.25, -0.2) is 0 Å². The van der Waals surface area contributed by atoms with Gasteiger partial charge in [0.25, 0.3) is 0 Å². The fraction of sp³-hybridized carbons (Fsp3) is 0.533. The molecule has 0 radical (unpaired) electrons. The maximum absolute atomic E-state index is 12.0. The number of ether oxygens (including phenoxy) is 1. The SMILES string of the molecule is CCOC(=O)C1CNCCN1C(C)c1ccccc1. The molecule has 1 fully saturated rings. The molecule has 0 aromatic heterocycles. The van der Waals surface area contributed by atoms with Crippen molar-refractivity contribution in [2.24, 2.45) is 0 Å². The predicted molar refractivity (Wildman–Crippen MR) is 74.9 cm³/mol. The molecule has 0 aliphatic carbocycles. The van der Waals surface area contributed by atoms with Gasteiger partial charge in [0, 0.05) is 25.7 Å². The van der Waals surface area contributed by atoms with Gasteiger partial charge in [-0.3, -0.25) is 9.69 Å². The van der Waals surface area contributed by atoms with Crippen LogP contribution in [0, 0.1) is 0 Å². The molecule has 0 amide bonds. The largest absolute Gasteiger partial charge is 0.465 e. The lowest BCUT2D eigenvalue weighted by Crippen LogP contribution is -2.55. The number of nitrogens with one attached hydrogen (secondary N) is 1. The molecule has 0 saturated carbocycles. The van der Waals surface area contributed by atoms with Crippen molar-refractivity contribution in [3.05, 3.63) is 35.9 Å². The zero-order valence-corrected chi connectivity index (χ0v) is 11.6. The van der Waals surface area contributed by atoms with Gasteiger partial charge in [-0.1, -0.05) is 30.3 Å². The summed E-state index contributed by atoms with van der Waals surface area (Å²) < 4.78 is 5.18. The Balaban J connectivity index is 2.13. The number of nitrogens with zero attached hydrogens (tertiary/aromatic N) is 1. The molecule has 1 aromatic carbocycles. The normalized spacial score (nSPS) is 21.9. The van der Waals surface area contributed by atoms with Crippen LogP contribution in [0.25, 0.3) is 0 Å². The maximum Gasteiger partial charge on any atom is 0.324 e. The summed E-state index contributed by atoms with van der Waals surface area (Å²) in [6.07, 6.45) is 0. The van der Waals surface area contributed by atoms with Crippen molar-refractivity contribution in [1.29, 1.82) is 0 Å². The average Bonchev–Trinajstić information content (AvgIpc) is 2.47. The second-order valence-corrected chi connectivity index (χ2v) is 4.80. The summed E-state index contributed by atoms with van der Waals surface area (Å²) >= 11 is 0. The summed E-state index contributed by atoms with van der Waals surface area (Å²) in [5.74, 6) is -0.127. The predicted octanol–water partition coefficient (Wildman–Crippen LogP) is 1.58. The van der Waals surface area contributed by atoms with Crippen LogP contribution in [0.3, 0.4) is 0 Å². The average molecular weight is 262 g/mol. The summed E-state index contributed by atoms with van der Waals surface area (Å²) in [6, 6.07) is 10.3. The van der Waals surface area contributed by atoms with Gasteiger partial charge in [0.2, 0.25) is 0 Å². The summed E-state index contributed by atoms with van der Waals surface area (Å²) in [5.41, 5.74) is 1.23. The monoisotopic (exact) mass is 262 g/mol. The van der Waals surface area contributed by atoms with Crippen LogP contribution < -0.4 is 5.32 Å². The van der Waals surface area contributed by atoms with Gasteiger partial charge in [0.1, 0.15) is 6.04 Å². The minimum atomic E-state index is -0.191. The highest BCUT2D eigenvalue weighted by atomic mass is 16.5. The molecule has 1 aromatic rings. The number of rotatable bonds is 4. The van der Waals surface area contributed by atoms with E-state index in [-0.39, 0.29) is 18.1 Å². The minimum Gasteiger partial charge on any atom is -0.465 e. The smallest absolute Gasteiger partial charge is 0.324 e. The fourth-order valence-corrected chi connectivity index (χ4v) is 2.56. The highest BCUT2D eigenvalue weighted by Crippen LogP contribution is 2.23. The van der Waals surface area contributed by atoms with Crippen molar-refractivity contribution >= 4 is 5.97 Å². The van der Waals surface area contributed by atoms with Crippen LogP contribution in [0.4, 0.5) is 0 Å². The quantitative estimate of drug-likeness (QED) is 0.837. The van der Waals surface area contributed by atoms with Crippen molar-refractivity contribution in [2.75, 3.05) is 26.2 Å². The van der Waals surface area contributed by atoms with Crippen molar-refractivity contribution in [1.82, 2.24) is 10.2 Å². The van der Waals surface area contributed by atoms with E-state index in [0.717, 1.165) is 13.1 Å². The lowest BCUT2D eigenvalue weighted by atomic mass is 10.0. The molecule has 1 saturated heterocycles. The molecular weight excluding hydrogens is 240 g/mol. The van der Waals surface area contributed by atoms with E-state index in [9.17, 15) is 4.79 Å². The number of hydrogen-bond acceptors (Lipinski definition) is 4. The van der Waals surface area contributed by atoms with E-state index in [4.69, 9.17) is 4.74 Å². The molecule has 1 aliphatic heterocycles. The molecule has 2 rings (SSSR count). The fourth-order valence-electron chi connectivity index (χ4n) is 2.56. The Hall–Kier alpha value is -1.39. The molecule has 2 unspecified atom stereocenters. The molecule has 104 valence electrons. The van der Waals surface area contributed by atoms with Crippen molar-refractivity contribution in [3.63, 3.8) is 0 Å². The lowest BCUT2D eigenvalue weighted by Gasteiger charge is -2.38. The number of carbonyl (C=O) groups excluding carboxylic acids is 1. The molecular formula is C15H22N2O2. The Kier molecular flexibility index (Phi) is 4.93. The van der Waals surface area contributed by atoms with Crippen molar-refractivity contribution in [3.8, 4) is 0 Å². The Morgan fingerprint density at radius 3 is 2.89 bits per heavy atom. The van der Waals surface area contributed by atoms with Crippen LogP contribution in [0.2, 0.25) is 0 Å². The maximum atomic E-state index is 12.0. The van der Waals surface area contributed by atoms with Gasteiger partial charge in [0.05, 0.1) is 6.61 Å². The first-order valence-electron chi connectivity index (χ1n) is 6.92. The highest BCUT2D eigenvalue weighted by Gasteiger charge is 2.33. The molecule has 1 heterocycles. The van der Waals surface area contributed by atoms with Crippen molar-refractivity contribution < 1.29 is 9.53 Å². The summed E-state index contributed by atoms with van der Waals surface area (Å²) in [6.45, 7) is 6.86. The Labute approximate surface area is 114 Å². The van der Waals surface area contributed by atoms with Crippen LogP contribution in [0.15, 0.2) is 30.3 Å². The van der Waals surface area contributed by atoms with Gasteiger partial charge in [0.15, 0.2) is 0 Å². The van der Waals surface area contributed by atoms with Gasteiger partial charge in [-0.15, -0.1) is 0 Å².